The molecule has 0 spiro atoms. The van der Waals surface area contributed by atoms with Crippen molar-refractivity contribution < 1.29 is 19.3 Å². The average Bonchev–Trinajstić information content (AvgIpc) is 3.32. The molecule has 0 radical (unpaired) electrons. The van der Waals surface area contributed by atoms with Crippen LogP contribution in [0.4, 0.5) is 0 Å². The van der Waals surface area contributed by atoms with Gasteiger partial charge >= 0.3 is 5.69 Å². The Hall–Kier alpha value is -3.31. The topological polar surface area (TPSA) is 122 Å². The molecule has 1 aromatic carbocycles. The van der Waals surface area contributed by atoms with Crippen molar-refractivity contribution in [2.24, 2.45) is 14.1 Å². The molecule has 3 rings (SSSR count). The number of hydrogen-bond acceptors (Lipinski definition) is 8. The van der Waals surface area contributed by atoms with Gasteiger partial charge in [-0.3, -0.25) is 14.7 Å². The molecule has 39 heavy (non-hydrogen) atoms. The second kappa shape index (κ2) is 14.2. The molecule has 0 amide bonds. The zero-order chi connectivity index (χ0) is 28.5. The molecule has 2 heterocycles. The summed E-state index contributed by atoms with van der Waals surface area (Å²) in [5.74, 6) is 1.57. The Morgan fingerprint density at radius 1 is 0.923 bits per heavy atom. The van der Waals surface area contributed by atoms with E-state index in [9.17, 15) is 14.7 Å². The highest BCUT2D eigenvalue weighted by Gasteiger charge is 2.22. The van der Waals surface area contributed by atoms with Gasteiger partial charge in [0.2, 0.25) is 5.75 Å². The number of hydrogen-bond donors (Lipinski definition) is 2. The fourth-order valence-electron chi connectivity index (χ4n) is 4.92. The number of aliphatic hydroxyl groups excluding tert-OH is 1. The average molecular weight is 546 g/mol. The van der Waals surface area contributed by atoms with Gasteiger partial charge in [-0.2, -0.15) is 0 Å². The monoisotopic (exact) mass is 545 g/mol. The number of rotatable bonds is 16. The summed E-state index contributed by atoms with van der Waals surface area (Å²) in [4.78, 5) is 31.2. The van der Waals surface area contributed by atoms with Crippen LogP contribution < -0.4 is 30.8 Å². The van der Waals surface area contributed by atoms with Crippen molar-refractivity contribution in [2.45, 2.75) is 77.1 Å². The van der Waals surface area contributed by atoms with E-state index in [1.165, 1.54) is 9.13 Å². The van der Waals surface area contributed by atoms with Crippen molar-refractivity contribution in [1.29, 1.82) is 0 Å². The van der Waals surface area contributed by atoms with Gasteiger partial charge in [0.15, 0.2) is 22.7 Å². The fraction of sp³-hybridized carbons (Fsp3) is 0.607. The van der Waals surface area contributed by atoms with Crippen molar-refractivity contribution in [3.05, 3.63) is 44.9 Å². The molecule has 0 saturated carbocycles. The largest absolute Gasteiger partial charge is 0.493 e. The quantitative estimate of drug-likeness (QED) is 0.263. The molecule has 0 aliphatic carbocycles. The highest BCUT2D eigenvalue weighted by Crippen LogP contribution is 2.38. The van der Waals surface area contributed by atoms with E-state index in [2.05, 4.69) is 10.3 Å². The van der Waals surface area contributed by atoms with Crippen molar-refractivity contribution in [2.75, 3.05) is 21.3 Å². The molecule has 2 aromatic heterocycles. The first kappa shape index (κ1) is 30.2. The Kier molecular flexibility index (Phi) is 11.0. The zero-order valence-electron chi connectivity index (χ0n) is 24.0. The van der Waals surface area contributed by atoms with Crippen LogP contribution in [-0.2, 0) is 20.6 Å². The molecule has 0 saturated heterocycles. The van der Waals surface area contributed by atoms with Crippen molar-refractivity contribution in [3.8, 4) is 17.2 Å². The number of nitrogens with zero attached hydrogens (tertiary/aromatic N) is 4. The van der Waals surface area contributed by atoms with Gasteiger partial charge in [-0.15, -0.1) is 0 Å². The van der Waals surface area contributed by atoms with Crippen LogP contribution in [0, 0.1) is 0 Å². The SMILES string of the molecule is COc1cc(CNC(CCCCCCCCC(C)O)n2c(=O)c3c(ncn3C)n(C)c2=O)cc(OC)c1OC. The van der Waals surface area contributed by atoms with Crippen molar-refractivity contribution in [1.82, 2.24) is 24.0 Å². The van der Waals surface area contributed by atoms with Crippen molar-refractivity contribution in [3.63, 3.8) is 0 Å². The van der Waals surface area contributed by atoms with Gasteiger partial charge in [-0.05, 0) is 37.5 Å². The van der Waals surface area contributed by atoms with Gasteiger partial charge in [0.05, 0.1) is 39.9 Å². The summed E-state index contributed by atoms with van der Waals surface area (Å²) in [5.41, 5.74) is 0.832. The molecule has 11 nitrogen and oxygen atoms in total. The van der Waals surface area contributed by atoms with Crippen LogP contribution in [0.25, 0.3) is 11.2 Å². The summed E-state index contributed by atoms with van der Waals surface area (Å²) < 4.78 is 20.8. The molecule has 2 atom stereocenters. The minimum Gasteiger partial charge on any atom is -0.493 e. The molecule has 0 bridgehead atoms. The second-order valence-electron chi connectivity index (χ2n) is 10.0. The van der Waals surface area contributed by atoms with Gasteiger partial charge in [0.25, 0.3) is 5.56 Å². The van der Waals surface area contributed by atoms with E-state index in [1.807, 2.05) is 19.1 Å². The molecule has 216 valence electrons. The van der Waals surface area contributed by atoms with Crippen LogP contribution >= 0.6 is 0 Å². The summed E-state index contributed by atoms with van der Waals surface area (Å²) in [5, 5.41) is 12.9. The van der Waals surface area contributed by atoms with E-state index in [-0.39, 0.29) is 11.7 Å². The standard InChI is InChI=1S/C28H43N5O6/c1-19(34)13-11-9-7-8-10-12-14-23(29-17-20-15-21(37-4)25(39-6)22(16-20)38-5)33-27(35)24-26(30-18-31(24)2)32(3)28(33)36/h15-16,18-19,23,29,34H,7-14,17H2,1-6H3. The summed E-state index contributed by atoms with van der Waals surface area (Å²) in [6.07, 6.45) is 8.31. The highest BCUT2D eigenvalue weighted by molar-refractivity contribution is 5.69. The predicted octanol–water partition coefficient (Wildman–Crippen LogP) is 3.25. The number of benzene rings is 1. The molecule has 0 aliphatic rings. The predicted molar refractivity (Wildman–Crippen MR) is 151 cm³/mol. The van der Waals surface area contributed by atoms with E-state index in [4.69, 9.17) is 14.2 Å². The number of aliphatic hydroxyl groups is 1. The number of unbranched alkanes of at least 4 members (excludes halogenated alkanes) is 5. The molecule has 0 fully saturated rings. The van der Waals surface area contributed by atoms with Crippen LogP contribution in [-0.4, -0.2) is 51.2 Å². The number of nitrogens with one attached hydrogen (secondary N) is 1. The lowest BCUT2D eigenvalue weighted by molar-refractivity contribution is 0.180. The number of aryl methyl sites for hydroxylation is 2. The first-order chi connectivity index (χ1) is 18.7. The van der Waals surface area contributed by atoms with Crippen molar-refractivity contribution >= 4 is 11.2 Å². The van der Waals surface area contributed by atoms with Gasteiger partial charge < -0.3 is 23.9 Å². The molecule has 3 aromatic rings. The lowest BCUT2D eigenvalue weighted by atomic mass is 10.1. The number of methoxy groups -OCH3 is 3. The van der Waals surface area contributed by atoms with Crippen LogP contribution in [0.1, 0.15) is 70.0 Å². The molecule has 0 aliphatic heterocycles. The molecular formula is C28H43N5O6. The minimum absolute atomic E-state index is 0.250. The first-order valence-corrected chi connectivity index (χ1v) is 13.6. The second-order valence-corrected chi connectivity index (χ2v) is 10.0. The lowest BCUT2D eigenvalue weighted by Gasteiger charge is -2.22. The maximum Gasteiger partial charge on any atom is 0.333 e. The number of imidazole rings is 1. The maximum absolute atomic E-state index is 13.6. The molecule has 2 unspecified atom stereocenters. The van der Waals surface area contributed by atoms with Gasteiger partial charge in [-0.1, -0.05) is 38.5 Å². The van der Waals surface area contributed by atoms with E-state index in [1.54, 1.807) is 46.3 Å². The summed E-state index contributed by atoms with van der Waals surface area (Å²) in [6, 6.07) is 3.70. The van der Waals surface area contributed by atoms with Gasteiger partial charge in [-0.25, -0.2) is 14.3 Å². The lowest BCUT2D eigenvalue weighted by Crippen LogP contribution is -2.46. The smallest absolute Gasteiger partial charge is 0.333 e. The fourth-order valence-corrected chi connectivity index (χ4v) is 4.92. The third-order valence-corrected chi connectivity index (χ3v) is 7.08. The number of ether oxygens (including phenoxy) is 3. The maximum atomic E-state index is 13.6. The Morgan fingerprint density at radius 2 is 1.51 bits per heavy atom. The van der Waals surface area contributed by atoms with Gasteiger partial charge in [0, 0.05) is 20.6 Å². The van der Waals surface area contributed by atoms with E-state index >= 15 is 0 Å². The Labute approximate surface area is 229 Å². The van der Waals surface area contributed by atoms with E-state index in [0.717, 1.165) is 50.5 Å². The summed E-state index contributed by atoms with van der Waals surface area (Å²) >= 11 is 0. The van der Waals surface area contributed by atoms with Crippen LogP contribution in [0.15, 0.2) is 28.0 Å². The summed E-state index contributed by atoms with van der Waals surface area (Å²) in [6.45, 7) is 2.19. The molecule has 2 N–H and O–H groups in total. The van der Waals surface area contributed by atoms with E-state index in [0.29, 0.717) is 41.4 Å². The molecular weight excluding hydrogens is 502 g/mol. The third-order valence-electron chi connectivity index (χ3n) is 7.08. The Morgan fingerprint density at radius 3 is 2.08 bits per heavy atom. The van der Waals surface area contributed by atoms with E-state index < -0.39 is 11.9 Å². The Bertz CT molecular complexity index is 1320. The van der Waals surface area contributed by atoms with Crippen LogP contribution in [0.2, 0.25) is 0 Å². The Balaban J connectivity index is 1.84. The van der Waals surface area contributed by atoms with Crippen LogP contribution in [0.5, 0.6) is 17.2 Å². The first-order valence-electron chi connectivity index (χ1n) is 13.6. The van der Waals surface area contributed by atoms with Gasteiger partial charge in [0.1, 0.15) is 0 Å². The zero-order valence-corrected chi connectivity index (χ0v) is 24.0. The normalized spacial score (nSPS) is 13.0. The number of aromatic nitrogens is 4. The highest BCUT2D eigenvalue weighted by atomic mass is 16.5. The van der Waals surface area contributed by atoms with Crippen LogP contribution in [0.3, 0.4) is 0 Å². The number of fused-ring (bicyclic) bond motifs is 1. The molecule has 11 heteroatoms. The minimum atomic E-state index is -0.523. The third kappa shape index (κ3) is 7.21. The summed E-state index contributed by atoms with van der Waals surface area (Å²) in [7, 11) is 8.07.